The van der Waals surface area contributed by atoms with Crippen molar-refractivity contribution in [3.63, 3.8) is 0 Å². The molecule has 0 unspecified atom stereocenters. The molecule has 0 aliphatic rings. The summed E-state index contributed by atoms with van der Waals surface area (Å²) in [7, 11) is 3.87. The topological polar surface area (TPSA) is 102 Å². The van der Waals surface area contributed by atoms with Crippen molar-refractivity contribution in [3.8, 4) is 5.95 Å². The van der Waals surface area contributed by atoms with Crippen LogP contribution in [0.5, 0.6) is 0 Å². The minimum Gasteiger partial charge on any atom is -0.366 e. The minimum atomic E-state index is -0.496. The summed E-state index contributed by atoms with van der Waals surface area (Å²) in [6.45, 7) is 2.62. The number of fused-ring (bicyclic) bond motifs is 1. The van der Waals surface area contributed by atoms with Crippen LogP contribution in [0.25, 0.3) is 16.9 Å². The molecule has 0 bridgehead atoms. The molecule has 4 rings (SSSR count). The second kappa shape index (κ2) is 7.82. The highest BCUT2D eigenvalue weighted by Crippen LogP contribution is 2.26. The molecule has 2 heterocycles. The molecule has 30 heavy (non-hydrogen) atoms. The first-order valence-corrected chi connectivity index (χ1v) is 9.56. The molecule has 0 atom stereocenters. The number of hydrogen-bond acceptors (Lipinski definition) is 6. The predicted molar refractivity (Wildman–Crippen MR) is 118 cm³/mol. The lowest BCUT2D eigenvalue weighted by atomic mass is 10.1. The van der Waals surface area contributed by atoms with E-state index in [-0.39, 0.29) is 0 Å². The van der Waals surface area contributed by atoms with Gasteiger partial charge in [0.1, 0.15) is 11.6 Å². The first-order valence-electron chi connectivity index (χ1n) is 9.56. The predicted octanol–water partition coefficient (Wildman–Crippen LogP) is 2.90. The molecule has 0 saturated heterocycles. The molecule has 8 heteroatoms. The van der Waals surface area contributed by atoms with Gasteiger partial charge in [-0.2, -0.15) is 19.7 Å². The van der Waals surface area contributed by atoms with Gasteiger partial charge in [0.15, 0.2) is 0 Å². The molecule has 4 aromatic rings. The second-order valence-corrected chi connectivity index (χ2v) is 7.21. The average molecular weight is 401 g/mol. The van der Waals surface area contributed by atoms with Crippen LogP contribution < -0.4 is 16.0 Å². The number of nitrogens with one attached hydrogen (secondary N) is 1. The Kier molecular flexibility index (Phi) is 5.05. The van der Waals surface area contributed by atoms with E-state index in [0.717, 1.165) is 22.8 Å². The van der Waals surface area contributed by atoms with Gasteiger partial charge in [-0.1, -0.05) is 36.4 Å². The van der Waals surface area contributed by atoms with Crippen molar-refractivity contribution in [2.45, 2.75) is 13.5 Å². The molecule has 0 saturated carbocycles. The molecule has 8 nitrogen and oxygen atoms in total. The lowest BCUT2D eigenvalue weighted by molar-refractivity contribution is 0.100. The fourth-order valence-electron chi connectivity index (χ4n) is 3.40. The van der Waals surface area contributed by atoms with Gasteiger partial charge in [-0.25, -0.2) is 0 Å². The van der Waals surface area contributed by atoms with Gasteiger partial charge in [0.25, 0.3) is 5.95 Å². The number of nitrogens with two attached hydrogens (primary N) is 1. The van der Waals surface area contributed by atoms with Crippen molar-refractivity contribution in [1.29, 1.82) is 0 Å². The Morgan fingerprint density at radius 2 is 1.87 bits per heavy atom. The fourth-order valence-corrected chi connectivity index (χ4v) is 3.40. The lowest BCUT2D eigenvalue weighted by Gasteiger charge is -2.19. The molecule has 0 radical (unpaired) electrons. The first-order chi connectivity index (χ1) is 14.5. The van der Waals surface area contributed by atoms with E-state index in [1.807, 2.05) is 50.2 Å². The van der Waals surface area contributed by atoms with Crippen molar-refractivity contribution in [2.75, 3.05) is 24.3 Å². The smallest absolute Gasteiger partial charge is 0.255 e. The Balaban J connectivity index is 1.80. The Labute approximate surface area is 174 Å². The van der Waals surface area contributed by atoms with E-state index in [9.17, 15) is 4.79 Å². The third kappa shape index (κ3) is 3.55. The number of benzene rings is 2. The van der Waals surface area contributed by atoms with Gasteiger partial charge in [-0.15, -0.1) is 0 Å². The third-order valence-corrected chi connectivity index (χ3v) is 4.90. The van der Waals surface area contributed by atoms with Gasteiger partial charge in [-0.05, 0) is 24.6 Å². The van der Waals surface area contributed by atoms with Crippen molar-refractivity contribution in [2.24, 2.45) is 5.73 Å². The summed E-state index contributed by atoms with van der Waals surface area (Å²) in [5.41, 5.74) is 8.73. The van der Waals surface area contributed by atoms with E-state index in [2.05, 4.69) is 22.5 Å². The molecule has 1 amide bonds. The number of anilines is 2. The summed E-state index contributed by atoms with van der Waals surface area (Å²) in [6, 6.07) is 15.4. The van der Waals surface area contributed by atoms with Gasteiger partial charge in [0.2, 0.25) is 5.91 Å². The van der Waals surface area contributed by atoms with Crippen LogP contribution in [0.2, 0.25) is 0 Å². The maximum absolute atomic E-state index is 11.8. The highest BCUT2D eigenvalue weighted by atomic mass is 16.1. The van der Waals surface area contributed by atoms with E-state index in [4.69, 9.17) is 15.7 Å². The largest absolute Gasteiger partial charge is 0.366 e. The van der Waals surface area contributed by atoms with Crippen molar-refractivity contribution >= 4 is 28.4 Å². The highest BCUT2D eigenvalue weighted by Gasteiger charge is 2.17. The Morgan fingerprint density at radius 3 is 2.57 bits per heavy atom. The minimum absolute atomic E-state index is 0.413. The summed E-state index contributed by atoms with van der Waals surface area (Å²) >= 11 is 0. The molecule has 0 fully saturated rings. The van der Waals surface area contributed by atoms with Gasteiger partial charge in [0.05, 0.1) is 17.3 Å². The highest BCUT2D eigenvalue weighted by molar-refractivity contribution is 6.05. The van der Waals surface area contributed by atoms with Crippen LogP contribution in [0.4, 0.5) is 11.6 Å². The van der Waals surface area contributed by atoms with Crippen LogP contribution in [-0.4, -0.2) is 39.8 Å². The quantitative estimate of drug-likeness (QED) is 0.515. The molecule has 2 aromatic heterocycles. The van der Waals surface area contributed by atoms with Crippen molar-refractivity contribution in [1.82, 2.24) is 19.7 Å². The maximum Gasteiger partial charge on any atom is 0.255 e. The van der Waals surface area contributed by atoms with Gasteiger partial charge >= 0.3 is 0 Å². The average Bonchev–Trinajstić information content (AvgIpc) is 3.17. The molecule has 0 spiro atoms. The second-order valence-electron chi connectivity index (χ2n) is 7.21. The molecule has 0 aliphatic heterocycles. The number of rotatable bonds is 6. The summed E-state index contributed by atoms with van der Waals surface area (Å²) in [4.78, 5) is 23.1. The van der Waals surface area contributed by atoms with Crippen molar-refractivity contribution < 1.29 is 4.79 Å². The summed E-state index contributed by atoms with van der Waals surface area (Å²) in [6.07, 6.45) is 1.62. The lowest BCUT2D eigenvalue weighted by Crippen LogP contribution is -2.17. The van der Waals surface area contributed by atoms with E-state index >= 15 is 0 Å². The van der Waals surface area contributed by atoms with Gasteiger partial charge in [0, 0.05) is 31.6 Å². The summed E-state index contributed by atoms with van der Waals surface area (Å²) in [5, 5.41) is 8.51. The molecule has 152 valence electrons. The monoisotopic (exact) mass is 401 g/mol. The van der Waals surface area contributed by atoms with Crippen LogP contribution >= 0.6 is 0 Å². The summed E-state index contributed by atoms with van der Waals surface area (Å²) in [5.74, 6) is 1.42. The van der Waals surface area contributed by atoms with Crippen molar-refractivity contribution in [3.05, 3.63) is 71.4 Å². The first kappa shape index (κ1) is 19.4. The van der Waals surface area contributed by atoms with Crippen LogP contribution in [0.1, 0.15) is 21.5 Å². The standard InChI is InChI=1S/C22H23N7O/c1-14-20(24-12-15-8-5-4-6-9-15)26-22(27-21(14)28(2)3)29-18-11-7-10-16(19(23)30)17(18)13-25-29/h4-11,13H,12H2,1-3H3,(H2,23,30)(H,24,26,27). The van der Waals surface area contributed by atoms with E-state index in [1.54, 1.807) is 23.0 Å². The van der Waals surface area contributed by atoms with E-state index < -0.39 is 5.91 Å². The number of hydrogen-bond donors (Lipinski definition) is 2. The van der Waals surface area contributed by atoms with Crippen LogP contribution in [0, 0.1) is 6.92 Å². The summed E-state index contributed by atoms with van der Waals surface area (Å²) < 4.78 is 1.63. The number of nitrogens with zero attached hydrogens (tertiary/aromatic N) is 5. The van der Waals surface area contributed by atoms with E-state index in [1.165, 1.54) is 0 Å². The Bertz CT molecular complexity index is 1220. The normalized spacial score (nSPS) is 10.9. The Morgan fingerprint density at radius 1 is 1.10 bits per heavy atom. The number of carbonyl (C=O) groups is 1. The van der Waals surface area contributed by atoms with Crippen LogP contribution in [-0.2, 0) is 6.54 Å². The maximum atomic E-state index is 11.8. The number of aromatic nitrogens is 4. The molecular weight excluding hydrogens is 378 g/mol. The zero-order chi connectivity index (χ0) is 21.3. The number of amides is 1. The fraction of sp³-hybridized carbons (Fsp3) is 0.182. The van der Waals surface area contributed by atoms with Gasteiger partial charge in [-0.3, -0.25) is 4.79 Å². The third-order valence-electron chi connectivity index (χ3n) is 4.90. The number of primary amides is 1. The zero-order valence-corrected chi connectivity index (χ0v) is 17.1. The molecular formula is C22H23N7O. The van der Waals surface area contributed by atoms with Gasteiger partial charge < -0.3 is 16.0 Å². The Hall–Kier alpha value is -3.94. The SMILES string of the molecule is Cc1c(NCc2ccccc2)nc(-n2ncc3c(C(N)=O)cccc32)nc1N(C)C. The molecule has 3 N–H and O–H groups in total. The van der Waals surface area contributed by atoms with Crippen LogP contribution in [0.15, 0.2) is 54.7 Å². The van der Waals surface area contributed by atoms with E-state index in [0.29, 0.717) is 29.0 Å². The molecule has 0 aliphatic carbocycles. The zero-order valence-electron chi connectivity index (χ0n) is 17.1. The van der Waals surface area contributed by atoms with Crippen LogP contribution in [0.3, 0.4) is 0 Å². The number of carbonyl (C=O) groups excluding carboxylic acids is 1. The molecule has 2 aromatic carbocycles.